The number of alkyl halides is 7. The van der Waals surface area contributed by atoms with E-state index in [2.05, 4.69) is 5.32 Å². The van der Waals surface area contributed by atoms with Gasteiger partial charge in [-0.15, -0.1) is 0 Å². The van der Waals surface area contributed by atoms with Crippen LogP contribution in [0.3, 0.4) is 0 Å². The first-order valence-corrected chi connectivity index (χ1v) is 13.8. The molecule has 2 aliphatic carbocycles. The molecule has 0 saturated heterocycles. The summed E-state index contributed by atoms with van der Waals surface area (Å²) in [5.74, 6) is -2.19. The third-order valence-electron chi connectivity index (χ3n) is 7.81. The Labute approximate surface area is 224 Å². The second-order valence-corrected chi connectivity index (χ2v) is 12.5. The summed E-state index contributed by atoms with van der Waals surface area (Å²) in [6.45, 7) is 1.37. The van der Waals surface area contributed by atoms with Gasteiger partial charge in [0, 0.05) is 17.5 Å². The number of halogens is 8. The number of hydrogen-bond donors (Lipinski definition) is 2. The quantitative estimate of drug-likeness (QED) is 0.345. The van der Waals surface area contributed by atoms with Crippen molar-refractivity contribution in [3.63, 3.8) is 0 Å². The molecule has 2 aliphatic rings. The smallest absolute Gasteiger partial charge is 0.393 e. The van der Waals surface area contributed by atoms with Crippen molar-refractivity contribution in [2.75, 3.05) is 0 Å². The molecule has 0 heterocycles. The molecule has 0 bridgehead atoms. The van der Waals surface area contributed by atoms with E-state index < -0.39 is 68.0 Å². The SMILES string of the molecule is CC(O)CC(=O)N[C@@H]1CC[C@@]2(S(=O)(=O)c3ccc(F)cc3)c3ccc(C(F)(C(F)(F)F)C(F)(F)F)cc3CC[C@@H]12. The van der Waals surface area contributed by atoms with Crippen LogP contribution in [-0.4, -0.2) is 43.9 Å². The van der Waals surface area contributed by atoms with Gasteiger partial charge in [-0.1, -0.05) is 18.2 Å². The van der Waals surface area contributed by atoms with Gasteiger partial charge in [-0.25, -0.2) is 17.2 Å². The Morgan fingerprint density at radius 3 is 2.17 bits per heavy atom. The molecule has 4 atom stereocenters. The van der Waals surface area contributed by atoms with Crippen LogP contribution in [0, 0.1) is 11.7 Å². The highest BCUT2D eigenvalue weighted by Crippen LogP contribution is 2.59. The third kappa shape index (κ3) is 4.66. The summed E-state index contributed by atoms with van der Waals surface area (Å²) < 4.78 is 135. The molecule has 0 aromatic heterocycles. The maximum Gasteiger partial charge on any atom is 0.435 e. The second-order valence-electron chi connectivity index (χ2n) is 10.3. The van der Waals surface area contributed by atoms with Crippen molar-refractivity contribution in [3.05, 3.63) is 65.0 Å². The first-order chi connectivity index (χ1) is 18.4. The normalized spacial score (nSPS) is 24.2. The van der Waals surface area contributed by atoms with Crippen LogP contribution in [0.25, 0.3) is 0 Å². The topological polar surface area (TPSA) is 83.5 Å². The van der Waals surface area contributed by atoms with Gasteiger partial charge < -0.3 is 10.4 Å². The summed E-state index contributed by atoms with van der Waals surface area (Å²) in [5, 5.41) is 12.2. The van der Waals surface area contributed by atoms with Crippen molar-refractivity contribution in [3.8, 4) is 0 Å². The van der Waals surface area contributed by atoms with Crippen molar-refractivity contribution in [2.24, 2.45) is 5.92 Å². The van der Waals surface area contributed by atoms with Gasteiger partial charge in [0.05, 0.1) is 17.4 Å². The number of sulfone groups is 1. The minimum Gasteiger partial charge on any atom is -0.393 e. The highest BCUT2D eigenvalue weighted by molar-refractivity contribution is 7.92. The minimum atomic E-state index is -6.35. The summed E-state index contributed by atoms with van der Waals surface area (Å²) in [5.41, 5.74) is -7.72. The average Bonchev–Trinajstić information content (AvgIpc) is 3.21. The molecule has 0 aliphatic heterocycles. The number of benzene rings is 2. The van der Waals surface area contributed by atoms with Crippen molar-refractivity contribution in [2.45, 2.75) is 78.8 Å². The van der Waals surface area contributed by atoms with Crippen LogP contribution in [0.15, 0.2) is 47.4 Å². The standard InChI is InChI=1S/C26H25F8NO4S/c1-14(36)12-22(37)35-21-10-11-23(40(38,39)18-6-4-17(27)5-7-18)19-9-3-16(13-15(19)2-8-20(21)23)24(28,25(29,30)31)26(32,33)34/h3-7,9,13-14,20-21,36H,2,8,10-12H2,1H3,(H,35,37)/t14?,20-,21+,23+/m0/s1. The van der Waals surface area contributed by atoms with E-state index in [0.717, 1.165) is 30.3 Å². The summed E-state index contributed by atoms with van der Waals surface area (Å²) in [4.78, 5) is 12.1. The Morgan fingerprint density at radius 1 is 1.02 bits per heavy atom. The number of rotatable bonds is 6. The number of amides is 1. The van der Waals surface area contributed by atoms with Gasteiger partial charge in [0.1, 0.15) is 10.6 Å². The van der Waals surface area contributed by atoms with E-state index in [1.807, 2.05) is 0 Å². The van der Waals surface area contributed by atoms with Crippen LogP contribution in [0.4, 0.5) is 35.1 Å². The summed E-state index contributed by atoms with van der Waals surface area (Å²) in [6.07, 6.45) is -14.3. The number of nitrogens with one attached hydrogen (secondary N) is 1. The average molecular weight is 600 g/mol. The van der Waals surface area contributed by atoms with Crippen LogP contribution >= 0.6 is 0 Å². The highest BCUT2D eigenvalue weighted by Gasteiger charge is 2.73. The molecule has 14 heteroatoms. The van der Waals surface area contributed by atoms with Gasteiger partial charge in [-0.2, -0.15) is 26.3 Å². The van der Waals surface area contributed by atoms with Crippen LogP contribution in [-0.2, 0) is 31.5 Å². The number of aliphatic hydroxyl groups is 1. The van der Waals surface area contributed by atoms with E-state index in [-0.39, 0.29) is 48.1 Å². The molecular formula is C26H25F8NO4S. The molecule has 0 radical (unpaired) electrons. The summed E-state index contributed by atoms with van der Waals surface area (Å²) in [6, 6.07) is 4.51. The Balaban J connectivity index is 1.90. The maximum absolute atomic E-state index is 14.8. The van der Waals surface area contributed by atoms with E-state index in [0.29, 0.717) is 12.1 Å². The molecule has 2 aromatic carbocycles. The van der Waals surface area contributed by atoms with E-state index in [9.17, 15) is 53.4 Å². The lowest BCUT2D eigenvalue weighted by molar-refractivity contribution is -0.348. The molecule has 5 nitrogen and oxygen atoms in total. The Hall–Kier alpha value is -2.74. The Morgan fingerprint density at radius 2 is 1.62 bits per heavy atom. The first kappa shape index (κ1) is 30.2. The van der Waals surface area contributed by atoms with Crippen LogP contribution < -0.4 is 5.32 Å². The van der Waals surface area contributed by atoms with Crippen molar-refractivity contribution >= 4 is 15.7 Å². The van der Waals surface area contributed by atoms with Gasteiger partial charge in [0.2, 0.25) is 5.91 Å². The van der Waals surface area contributed by atoms with Gasteiger partial charge in [0.25, 0.3) is 0 Å². The summed E-state index contributed by atoms with van der Waals surface area (Å²) >= 11 is 0. The molecule has 2 aromatic rings. The number of fused-ring (bicyclic) bond motifs is 3. The molecule has 220 valence electrons. The lowest BCUT2D eigenvalue weighted by Crippen LogP contribution is -2.51. The number of hydrogen-bond acceptors (Lipinski definition) is 4. The lowest BCUT2D eigenvalue weighted by atomic mass is 9.74. The minimum absolute atomic E-state index is 0.0756. The van der Waals surface area contributed by atoms with Crippen LogP contribution in [0.5, 0.6) is 0 Å². The molecular weight excluding hydrogens is 574 g/mol. The molecule has 1 unspecified atom stereocenters. The van der Waals surface area contributed by atoms with Gasteiger partial charge in [0.15, 0.2) is 9.84 Å². The van der Waals surface area contributed by atoms with E-state index in [1.54, 1.807) is 0 Å². The van der Waals surface area contributed by atoms with E-state index in [4.69, 9.17) is 0 Å². The van der Waals surface area contributed by atoms with Crippen LogP contribution in [0.2, 0.25) is 0 Å². The molecule has 1 saturated carbocycles. The first-order valence-electron chi connectivity index (χ1n) is 12.3. The highest BCUT2D eigenvalue weighted by atomic mass is 32.2. The molecule has 0 spiro atoms. The zero-order valence-corrected chi connectivity index (χ0v) is 21.7. The fraction of sp³-hybridized carbons (Fsp3) is 0.500. The van der Waals surface area contributed by atoms with Crippen molar-refractivity contribution < 1.29 is 53.4 Å². The second kappa shape index (κ2) is 9.97. The zero-order valence-electron chi connectivity index (χ0n) is 20.9. The molecule has 1 fully saturated rings. The lowest BCUT2D eigenvalue weighted by Gasteiger charge is -2.43. The Bertz CT molecular complexity index is 1370. The number of carbonyl (C=O) groups excluding carboxylic acids is 1. The van der Waals surface area contributed by atoms with Crippen molar-refractivity contribution in [1.29, 1.82) is 0 Å². The molecule has 2 N–H and O–H groups in total. The van der Waals surface area contributed by atoms with Gasteiger partial charge >= 0.3 is 18.0 Å². The van der Waals surface area contributed by atoms with Gasteiger partial charge in [-0.05, 0) is 68.0 Å². The summed E-state index contributed by atoms with van der Waals surface area (Å²) in [7, 11) is -4.49. The molecule has 1 amide bonds. The zero-order chi connectivity index (χ0) is 29.9. The maximum atomic E-state index is 14.8. The predicted molar refractivity (Wildman–Crippen MR) is 126 cm³/mol. The van der Waals surface area contributed by atoms with E-state index in [1.165, 1.54) is 6.92 Å². The molecule has 40 heavy (non-hydrogen) atoms. The molecule has 4 rings (SSSR count). The monoisotopic (exact) mass is 599 g/mol. The fourth-order valence-electron chi connectivity index (χ4n) is 6.09. The van der Waals surface area contributed by atoms with Crippen LogP contribution in [0.1, 0.15) is 49.3 Å². The number of aryl methyl sites for hydroxylation is 1. The fourth-order valence-corrected chi connectivity index (χ4v) is 8.56. The van der Waals surface area contributed by atoms with E-state index >= 15 is 0 Å². The number of carbonyl (C=O) groups is 1. The third-order valence-corrected chi connectivity index (χ3v) is 10.4. The predicted octanol–water partition coefficient (Wildman–Crippen LogP) is 5.40. The van der Waals surface area contributed by atoms with Gasteiger partial charge in [-0.3, -0.25) is 4.79 Å². The van der Waals surface area contributed by atoms with Crippen molar-refractivity contribution in [1.82, 2.24) is 5.32 Å². The Kier molecular flexibility index (Phi) is 7.53. The number of aliphatic hydroxyl groups excluding tert-OH is 1. The largest absolute Gasteiger partial charge is 0.435 e.